The third-order valence-corrected chi connectivity index (χ3v) is 4.28. The minimum atomic E-state index is -3.62. The van der Waals surface area contributed by atoms with Gasteiger partial charge in [-0.15, -0.1) is 0 Å². The number of aromatic nitrogens is 1. The summed E-state index contributed by atoms with van der Waals surface area (Å²) in [6.07, 6.45) is 2.81. The Morgan fingerprint density at radius 1 is 1.17 bits per heavy atom. The summed E-state index contributed by atoms with van der Waals surface area (Å²) in [5, 5.41) is 9.18. The normalized spacial score (nSPS) is 11.2. The fraction of sp³-hybridized carbons (Fsp3) is 0.0833. The summed E-state index contributed by atoms with van der Waals surface area (Å²) >= 11 is 0. The van der Waals surface area contributed by atoms with Crippen molar-refractivity contribution < 1.29 is 13.5 Å². The lowest BCUT2D eigenvalue weighted by atomic mass is 10.3. The van der Waals surface area contributed by atoms with Crippen LogP contribution in [0.25, 0.3) is 0 Å². The number of nitrogens with zero attached hydrogens (tertiary/aromatic N) is 2. The van der Waals surface area contributed by atoms with Crippen LogP contribution in [-0.2, 0) is 10.0 Å². The molecular formula is C12H12N2O3S. The minimum Gasteiger partial charge on any atom is -0.508 e. The van der Waals surface area contributed by atoms with E-state index in [9.17, 15) is 13.5 Å². The number of aromatic hydroxyl groups is 1. The van der Waals surface area contributed by atoms with Crippen molar-refractivity contribution in [3.63, 3.8) is 0 Å². The van der Waals surface area contributed by atoms with Crippen LogP contribution in [0.5, 0.6) is 5.75 Å². The quantitative estimate of drug-likeness (QED) is 0.914. The van der Waals surface area contributed by atoms with Gasteiger partial charge in [0.25, 0.3) is 10.0 Å². The Bertz CT molecular complexity index is 624. The molecule has 0 atom stereocenters. The van der Waals surface area contributed by atoms with Gasteiger partial charge in [-0.25, -0.2) is 8.42 Å². The highest BCUT2D eigenvalue weighted by molar-refractivity contribution is 7.92. The molecule has 1 N–H and O–H groups in total. The van der Waals surface area contributed by atoms with E-state index in [-0.39, 0.29) is 10.6 Å². The molecule has 0 saturated carbocycles. The van der Waals surface area contributed by atoms with Crippen LogP contribution < -0.4 is 4.31 Å². The lowest BCUT2D eigenvalue weighted by Crippen LogP contribution is -2.26. The Balaban J connectivity index is 2.39. The fourth-order valence-electron chi connectivity index (χ4n) is 1.46. The Labute approximate surface area is 105 Å². The first-order chi connectivity index (χ1) is 8.51. The highest BCUT2D eigenvalue weighted by atomic mass is 32.2. The Morgan fingerprint density at radius 2 is 1.83 bits per heavy atom. The molecule has 0 aliphatic heterocycles. The van der Waals surface area contributed by atoms with Crippen molar-refractivity contribution in [1.82, 2.24) is 4.98 Å². The zero-order chi connectivity index (χ0) is 13.2. The maximum absolute atomic E-state index is 12.2. The zero-order valence-corrected chi connectivity index (χ0v) is 10.5. The van der Waals surface area contributed by atoms with Gasteiger partial charge in [0.2, 0.25) is 0 Å². The van der Waals surface area contributed by atoms with Crippen molar-refractivity contribution in [2.24, 2.45) is 0 Å². The monoisotopic (exact) mass is 264 g/mol. The first-order valence-corrected chi connectivity index (χ1v) is 6.64. The van der Waals surface area contributed by atoms with Crippen LogP contribution in [0.15, 0.2) is 53.7 Å². The van der Waals surface area contributed by atoms with Crippen molar-refractivity contribution in [3.8, 4) is 5.75 Å². The van der Waals surface area contributed by atoms with Crippen LogP contribution in [0.2, 0.25) is 0 Å². The molecule has 2 aromatic rings. The third-order valence-electron chi connectivity index (χ3n) is 2.51. The number of benzene rings is 1. The van der Waals surface area contributed by atoms with Crippen LogP contribution in [0.3, 0.4) is 0 Å². The highest BCUT2D eigenvalue weighted by Gasteiger charge is 2.21. The molecule has 1 heterocycles. The summed E-state index contributed by atoms with van der Waals surface area (Å²) in [6.45, 7) is 0. The molecule has 0 spiro atoms. The SMILES string of the molecule is CN(c1ccc(O)cc1)S(=O)(=O)c1cccnc1. The van der Waals surface area contributed by atoms with Crippen molar-refractivity contribution in [2.75, 3.05) is 11.4 Å². The number of phenolic OH excluding ortho intramolecular Hbond substituents is 1. The molecular weight excluding hydrogens is 252 g/mol. The van der Waals surface area contributed by atoms with Crippen LogP contribution in [0.1, 0.15) is 0 Å². The number of anilines is 1. The summed E-state index contributed by atoms with van der Waals surface area (Å²) in [6, 6.07) is 8.98. The van der Waals surface area contributed by atoms with E-state index in [1.165, 1.54) is 49.8 Å². The number of hydrogen-bond donors (Lipinski definition) is 1. The second-order valence-corrected chi connectivity index (χ2v) is 5.65. The fourth-order valence-corrected chi connectivity index (χ4v) is 2.62. The van der Waals surface area contributed by atoms with E-state index < -0.39 is 10.0 Å². The van der Waals surface area contributed by atoms with Crippen molar-refractivity contribution in [3.05, 3.63) is 48.8 Å². The highest BCUT2D eigenvalue weighted by Crippen LogP contribution is 2.23. The maximum Gasteiger partial charge on any atom is 0.265 e. The summed E-state index contributed by atoms with van der Waals surface area (Å²) in [4.78, 5) is 3.92. The van der Waals surface area contributed by atoms with Crippen LogP contribution in [-0.4, -0.2) is 25.6 Å². The van der Waals surface area contributed by atoms with Gasteiger partial charge in [-0.3, -0.25) is 9.29 Å². The van der Waals surface area contributed by atoms with E-state index in [1.54, 1.807) is 6.07 Å². The standard InChI is InChI=1S/C12H12N2O3S/c1-14(10-4-6-11(15)7-5-10)18(16,17)12-3-2-8-13-9-12/h2-9,15H,1H3. The molecule has 94 valence electrons. The molecule has 0 saturated heterocycles. The molecule has 5 nitrogen and oxygen atoms in total. The molecule has 0 amide bonds. The Kier molecular flexibility index (Phi) is 3.20. The van der Waals surface area contributed by atoms with E-state index in [2.05, 4.69) is 4.98 Å². The van der Waals surface area contributed by atoms with Gasteiger partial charge >= 0.3 is 0 Å². The van der Waals surface area contributed by atoms with Gasteiger partial charge in [0.05, 0.1) is 5.69 Å². The molecule has 0 radical (unpaired) electrons. The number of hydrogen-bond acceptors (Lipinski definition) is 4. The molecule has 0 fully saturated rings. The largest absolute Gasteiger partial charge is 0.508 e. The van der Waals surface area contributed by atoms with E-state index >= 15 is 0 Å². The second-order valence-electron chi connectivity index (χ2n) is 3.68. The van der Waals surface area contributed by atoms with E-state index in [0.29, 0.717) is 5.69 Å². The summed E-state index contributed by atoms with van der Waals surface area (Å²) < 4.78 is 25.6. The molecule has 0 aliphatic rings. The maximum atomic E-state index is 12.2. The third kappa shape index (κ3) is 2.28. The number of rotatable bonds is 3. The van der Waals surface area contributed by atoms with Crippen molar-refractivity contribution in [1.29, 1.82) is 0 Å². The minimum absolute atomic E-state index is 0.0888. The van der Waals surface area contributed by atoms with Crippen LogP contribution in [0.4, 0.5) is 5.69 Å². The molecule has 0 unspecified atom stereocenters. The summed E-state index contributed by atoms with van der Waals surface area (Å²) in [7, 11) is -2.16. The first kappa shape index (κ1) is 12.4. The summed E-state index contributed by atoms with van der Waals surface area (Å²) in [5.41, 5.74) is 0.469. The van der Waals surface area contributed by atoms with E-state index in [0.717, 1.165) is 4.31 Å². The Hall–Kier alpha value is -2.08. The summed E-state index contributed by atoms with van der Waals surface area (Å²) in [5.74, 6) is 0.0888. The molecule has 1 aromatic carbocycles. The number of sulfonamides is 1. The van der Waals surface area contributed by atoms with Crippen molar-refractivity contribution in [2.45, 2.75) is 4.90 Å². The van der Waals surface area contributed by atoms with E-state index in [4.69, 9.17) is 0 Å². The average molecular weight is 264 g/mol. The van der Waals surface area contributed by atoms with Crippen LogP contribution >= 0.6 is 0 Å². The van der Waals surface area contributed by atoms with E-state index in [1.807, 2.05) is 0 Å². The molecule has 6 heteroatoms. The predicted molar refractivity (Wildman–Crippen MR) is 67.9 cm³/mol. The second kappa shape index (κ2) is 4.66. The Morgan fingerprint density at radius 3 is 2.39 bits per heavy atom. The van der Waals surface area contributed by atoms with Gasteiger partial charge in [0.15, 0.2) is 0 Å². The smallest absolute Gasteiger partial charge is 0.265 e. The van der Waals surface area contributed by atoms with Gasteiger partial charge in [0, 0.05) is 19.4 Å². The molecule has 18 heavy (non-hydrogen) atoms. The molecule has 1 aromatic heterocycles. The zero-order valence-electron chi connectivity index (χ0n) is 9.69. The number of pyridine rings is 1. The first-order valence-electron chi connectivity index (χ1n) is 5.20. The van der Waals surface area contributed by atoms with Crippen molar-refractivity contribution >= 4 is 15.7 Å². The van der Waals surface area contributed by atoms with Gasteiger partial charge in [0.1, 0.15) is 10.6 Å². The van der Waals surface area contributed by atoms with Gasteiger partial charge < -0.3 is 5.11 Å². The predicted octanol–water partition coefficient (Wildman–Crippen LogP) is 1.61. The molecule has 0 bridgehead atoms. The lowest BCUT2D eigenvalue weighted by Gasteiger charge is -2.19. The van der Waals surface area contributed by atoms with Gasteiger partial charge in [-0.1, -0.05) is 0 Å². The topological polar surface area (TPSA) is 70.5 Å². The molecule has 2 rings (SSSR count). The molecule has 0 aliphatic carbocycles. The average Bonchev–Trinajstić information content (AvgIpc) is 2.40. The number of phenols is 1. The lowest BCUT2D eigenvalue weighted by molar-refractivity contribution is 0.475. The van der Waals surface area contributed by atoms with Crippen LogP contribution in [0, 0.1) is 0 Å². The van der Waals surface area contributed by atoms with Gasteiger partial charge in [-0.05, 0) is 36.4 Å². The van der Waals surface area contributed by atoms with Gasteiger partial charge in [-0.2, -0.15) is 0 Å².